The van der Waals surface area contributed by atoms with Gasteiger partial charge in [0.2, 0.25) is 0 Å². The Morgan fingerprint density at radius 1 is 0.920 bits per heavy atom. The van der Waals surface area contributed by atoms with Crippen molar-refractivity contribution in [3.63, 3.8) is 0 Å². The second kappa shape index (κ2) is 8.49. The minimum atomic E-state index is -0.545. The summed E-state index contributed by atoms with van der Waals surface area (Å²) in [5.74, 6) is -0.725. The lowest BCUT2D eigenvalue weighted by molar-refractivity contribution is -0.144. The average molecular weight is 342 g/mol. The van der Waals surface area contributed by atoms with Crippen LogP contribution in [0, 0.1) is 0 Å². The van der Waals surface area contributed by atoms with Crippen LogP contribution in [0.1, 0.15) is 17.3 Å². The highest BCUT2D eigenvalue weighted by Gasteiger charge is 2.11. The maximum Gasteiger partial charge on any atom is 0.303 e. The lowest BCUT2D eigenvalue weighted by Gasteiger charge is -2.12. The smallest absolute Gasteiger partial charge is 0.303 e. The van der Waals surface area contributed by atoms with Crippen molar-refractivity contribution in [2.45, 2.75) is 6.92 Å². The number of carbonyl (C=O) groups excluding carboxylic acids is 3. The second-order valence-corrected chi connectivity index (χ2v) is 5.06. The van der Waals surface area contributed by atoms with E-state index in [-0.39, 0.29) is 5.91 Å². The number of amides is 2. The number of para-hydroxylation sites is 2. The van der Waals surface area contributed by atoms with Crippen LogP contribution in [-0.2, 0) is 14.3 Å². The van der Waals surface area contributed by atoms with Crippen LogP contribution in [0.5, 0.6) is 5.75 Å². The molecule has 25 heavy (non-hydrogen) atoms. The van der Waals surface area contributed by atoms with Crippen LogP contribution < -0.4 is 15.4 Å². The van der Waals surface area contributed by atoms with E-state index < -0.39 is 18.5 Å². The minimum Gasteiger partial charge on any atom is -0.497 e. The van der Waals surface area contributed by atoms with Crippen molar-refractivity contribution in [2.75, 3.05) is 24.4 Å². The molecule has 2 N–H and O–H groups in total. The largest absolute Gasteiger partial charge is 0.497 e. The van der Waals surface area contributed by atoms with Gasteiger partial charge in [-0.2, -0.15) is 0 Å². The number of ether oxygens (including phenoxy) is 2. The van der Waals surface area contributed by atoms with E-state index >= 15 is 0 Å². The summed E-state index contributed by atoms with van der Waals surface area (Å²) in [4.78, 5) is 34.9. The van der Waals surface area contributed by atoms with E-state index in [2.05, 4.69) is 15.4 Å². The van der Waals surface area contributed by atoms with Crippen molar-refractivity contribution in [2.24, 2.45) is 0 Å². The third-order valence-corrected chi connectivity index (χ3v) is 3.21. The Bertz CT molecular complexity index is 771. The Kier molecular flexibility index (Phi) is 6.11. The molecule has 2 amide bonds. The first-order valence-corrected chi connectivity index (χ1v) is 7.47. The SMILES string of the molecule is COc1ccc(C(=O)Nc2ccccc2NC(=O)COC(C)=O)cc1. The third kappa shape index (κ3) is 5.35. The molecule has 0 unspecified atom stereocenters. The van der Waals surface area contributed by atoms with Gasteiger partial charge in [0.25, 0.3) is 11.8 Å². The van der Waals surface area contributed by atoms with Crippen LogP contribution in [0.4, 0.5) is 11.4 Å². The van der Waals surface area contributed by atoms with E-state index in [4.69, 9.17) is 4.74 Å². The molecule has 0 saturated heterocycles. The van der Waals surface area contributed by atoms with Gasteiger partial charge in [-0.1, -0.05) is 12.1 Å². The van der Waals surface area contributed by atoms with Crippen LogP contribution in [0.15, 0.2) is 48.5 Å². The number of anilines is 2. The second-order valence-electron chi connectivity index (χ2n) is 5.06. The number of carbonyl (C=O) groups is 3. The van der Waals surface area contributed by atoms with Crippen LogP contribution in [0.25, 0.3) is 0 Å². The van der Waals surface area contributed by atoms with Gasteiger partial charge in [0.05, 0.1) is 18.5 Å². The molecule has 130 valence electrons. The molecule has 0 heterocycles. The zero-order chi connectivity index (χ0) is 18.2. The average Bonchev–Trinajstić information content (AvgIpc) is 2.61. The van der Waals surface area contributed by atoms with Crippen LogP contribution in [0.3, 0.4) is 0 Å². The van der Waals surface area contributed by atoms with Gasteiger partial charge in [-0.25, -0.2) is 0 Å². The van der Waals surface area contributed by atoms with Crippen molar-refractivity contribution in [1.29, 1.82) is 0 Å². The number of esters is 1. The molecule has 0 radical (unpaired) electrons. The van der Waals surface area contributed by atoms with Gasteiger partial charge in [-0.3, -0.25) is 14.4 Å². The number of hydrogen-bond acceptors (Lipinski definition) is 5. The number of rotatable bonds is 6. The highest BCUT2D eigenvalue weighted by Crippen LogP contribution is 2.22. The summed E-state index contributed by atoms with van der Waals surface area (Å²) in [5.41, 5.74) is 1.28. The first-order chi connectivity index (χ1) is 12.0. The van der Waals surface area contributed by atoms with Gasteiger partial charge < -0.3 is 20.1 Å². The fourth-order valence-corrected chi connectivity index (χ4v) is 1.99. The number of nitrogens with one attached hydrogen (secondary N) is 2. The summed E-state index contributed by atoms with van der Waals surface area (Å²) in [5, 5.41) is 5.32. The van der Waals surface area contributed by atoms with Gasteiger partial charge in [0, 0.05) is 12.5 Å². The normalized spacial score (nSPS) is 9.84. The molecule has 7 heteroatoms. The zero-order valence-corrected chi connectivity index (χ0v) is 13.9. The molecule has 0 bridgehead atoms. The fraction of sp³-hybridized carbons (Fsp3) is 0.167. The van der Waals surface area contributed by atoms with E-state index in [9.17, 15) is 14.4 Å². The van der Waals surface area contributed by atoms with Crippen LogP contribution >= 0.6 is 0 Å². The third-order valence-electron chi connectivity index (χ3n) is 3.21. The summed E-state index contributed by atoms with van der Waals surface area (Å²) in [6.07, 6.45) is 0. The monoisotopic (exact) mass is 342 g/mol. The molecule has 7 nitrogen and oxygen atoms in total. The summed E-state index contributed by atoms with van der Waals surface area (Å²) < 4.78 is 9.69. The van der Waals surface area contributed by atoms with Crippen molar-refractivity contribution < 1.29 is 23.9 Å². The number of hydrogen-bond donors (Lipinski definition) is 2. The molecule has 0 aliphatic carbocycles. The maximum atomic E-state index is 12.3. The fourth-order valence-electron chi connectivity index (χ4n) is 1.99. The van der Waals surface area contributed by atoms with Gasteiger partial charge >= 0.3 is 5.97 Å². The van der Waals surface area contributed by atoms with E-state index in [0.29, 0.717) is 22.7 Å². The van der Waals surface area contributed by atoms with E-state index in [1.807, 2.05) is 0 Å². The van der Waals surface area contributed by atoms with Crippen LogP contribution in [0.2, 0.25) is 0 Å². The Hall–Kier alpha value is -3.35. The van der Waals surface area contributed by atoms with Crippen molar-refractivity contribution in [1.82, 2.24) is 0 Å². The Balaban J connectivity index is 2.07. The van der Waals surface area contributed by atoms with Gasteiger partial charge in [0.15, 0.2) is 6.61 Å². The van der Waals surface area contributed by atoms with E-state index in [0.717, 1.165) is 0 Å². The molecular weight excluding hydrogens is 324 g/mol. The van der Waals surface area contributed by atoms with E-state index in [1.54, 1.807) is 55.6 Å². The summed E-state index contributed by atoms with van der Waals surface area (Å²) in [6, 6.07) is 13.4. The lowest BCUT2D eigenvalue weighted by atomic mass is 10.2. The summed E-state index contributed by atoms with van der Waals surface area (Å²) >= 11 is 0. The first-order valence-electron chi connectivity index (χ1n) is 7.47. The molecule has 2 aromatic carbocycles. The van der Waals surface area contributed by atoms with Crippen molar-refractivity contribution in [3.05, 3.63) is 54.1 Å². The highest BCUT2D eigenvalue weighted by molar-refractivity contribution is 6.07. The predicted molar refractivity (Wildman–Crippen MR) is 92.7 cm³/mol. The quantitative estimate of drug-likeness (QED) is 0.787. The molecule has 0 saturated carbocycles. The lowest BCUT2D eigenvalue weighted by Crippen LogP contribution is -2.21. The first kappa shape index (κ1) is 18.0. The minimum absolute atomic E-state index is 0.329. The highest BCUT2D eigenvalue weighted by atomic mass is 16.5. The molecule has 0 aromatic heterocycles. The van der Waals surface area contributed by atoms with Gasteiger partial charge in [-0.15, -0.1) is 0 Å². The molecule has 0 fully saturated rings. The molecule has 2 aromatic rings. The molecule has 0 aliphatic heterocycles. The topological polar surface area (TPSA) is 93.7 Å². The van der Waals surface area contributed by atoms with Crippen molar-refractivity contribution >= 4 is 29.2 Å². The predicted octanol–water partition coefficient (Wildman–Crippen LogP) is 2.45. The van der Waals surface area contributed by atoms with E-state index in [1.165, 1.54) is 6.92 Å². The van der Waals surface area contributed by atoms with Gasteiger partial charge in [0.1, 0.15) is 5.75 Å². The molecule has 0 spiro atoms. The van der Waals surface area contributed by atoms with Crippen LogP contribution in [-0.4, -0.2) is 31.5 Å². The van der Waals surface area contributed by atoms with Gasteiger partial charge in [-0.05, 0) is 36.4 Å². The molecule has 0 aliphatic rings. The summed E-state index contributed by atoms with van der Waals surface area (Å²) in [6.45, 7) is 0.826. The Labute approximate surface area is 144 Å². The molecule has 2 rings (SSSR count). The molecule has 0 atom stereocenters. The number of methoxy groups -OCH3 is 1. The number of benzene rings is 2. The summed E-state index contributed by atoms with van der Waals surface area (Å²) in [7, 11) is 1.55. The Morgan fingerprint density at radius 3 is 2.08 bits per heavy atom. The maximum absolute atomic E-state index is 12.3. The standard InChI is InChI=1S/C18H18N2O5/c1-12(21)25-11-17(22)19-15-5-3-4-6-16(15)20-18(23)13-7-9-14(24-2)10-8-13/h3-10H,11H2,1-2H3,(H,19,22)(H,20,23). The van der Waals surface area contributed by atoms with Crippen molar-refractivity contribution in [3.8, 4) is 5.75 Å². The zero-order valence-electron chi connectivity index (χ0n) is 13.9. The Morgan fingerprint density at radius 2 is 1.52 bits per heavy atom. The molecular formula is C18H18N2O5.